The molecule has 2 rings (SSSR count). The van der Waals surface area contributed by atoms with Crippen LogP contribution >= 0.6 is 0 Å². The highest BCUT2D eigenvalue weighted by Crippen LogP contribution is 2.22. The van der Waals surface area contributed by atoms with Crippen molar-refractivity contribution in [1.82, 2.24) is 0 Å². The highest BCUT2D eigenvalue weighted by molar-refractivity contribution is 7.83. The first-order valence-electron chi connectivity index (χ1n) is 7.35. The van der Waals surface area contributed by atoms with Gasteiger partial charge >= 0.3 is 0 Å². The van der Waals surface area contributed by atoms with E-state index in [9.17, 15) is 4.21 Å². The number of hydrogen-bond acceptors (Lipinski definition) is 1. The van der Waals surface area contributed by atoms with Gasteiger partial charge in [0.05, 0.1) is 0 Å². The SMILES string of the molecule is Cc1ccccc1CS(=O)Cc1ccc(C(C)(C)C)cc1. The summed E-state index contributed by atoms with van der Waals surface area (Å²) < 4.78 is 12.3. The molecule has 2 heteroatoms. The molecule has 0 aliphatic rings. The van der Waals surface area contributed by atoms with Gasteiger partial charge in [-0.1, -0.05) is 69.3 Å². The first-order chi connectivity index (χ1) is 9.86. The van der Waals surface area contributed by atoms with Crippen LogP contribution in [0.1, 0.15) is 43.0 Å². The zero-order valence-electron chi connectivity index (χ0n) is 13.3. The van der Waals surface area contributed by atoms with Crippen molar-refractivity contribution >= 4 is 10.8 Å². The third kappa shape index (κ3) is 4.53. The molecule has 2 aromatic carbocycles. The van der Waals surface area contributed by atoms with Crippen LogP contribution in [0.15, 0.2) is 48.5 Å². The van der Waals surface area contributed by atoms with E-state index in [1.165, 1.54) is 16.7 Å². The molecule has 0 aliphatic heterocycles. The molecule has 112 valence electrons. The number of aryl methyl sites for hydroxylation is 1. The maximum Gasteiger partial charge on any atom is 0.0491 e. The normalized spacial score (nSPS) is 13.1. The van der Waals surface area contributed by atoms with Gasteiger partial charge < -0.3 is 0 Å². The van der Waals surface area contributed by atoms with Crippen LogP contribution in [0.2, 0.25) is 0 Å². The lowest BCUT2D eigenvalue weighted by molar-refractivity contribution is 0.590. The number of benzene rings is 2. The molecule has 1 unspecified atom stereocenters. The molecule has 0 bridgehead atoms. The second kappa shape index (κ2) is 6.57. The van der Waals surface area contributed by atoms with Crippen LogP contribution in [-0.4, -0.2) is 4.21 Å². The summed E-state index contributed by atoms with van der Waals surface area (Å²) in [7, 11) is -0.860. The average Bonchev–Trinajstić information content (AvgIpc) is 2.41. The fraction of sp³-hybridized carbons (Fsp3) is 0.368. The molecule has 0 heterocycles. The maximum atomic E-state index is 12.3. The minimum Gasteiger partial charge on any atom is -0.259 e. The van der Waals surface area contributed by atoms with Gasteiger partial charge in [0.1, 0.15) is 0 Å². The van der Waals surface area contributed by atoms with Gasteiger partial charge in [-0.2, -0.15) is 0 Å². The Morgan fingerprint density at radius 1 is 0.905 bits per heavy atom. The molecular weight excluding hydrogens is 276 g/mol. The van der Waals surface area contributed by atoms with E-state index in [-0.39, 0.29) is 5.41 Å². The van der Waals surface area contributed by atoms with Crippen LogP contribution in [0.3, 0.4) is 0 Å². The highest BCUT2D eigenvalue weighted by Gasteiger charge is 2.13. The monoisotopic (exact) mass is 300 g/mol. The Hall–Kier alpha value is -1.41. The average molecular weight is 300 g/mol. The van der Waals surface area contributed by atoms with Gasteiger partial charge in [0.25, 0.3) is 0 Å². The van der Waals surface area contributed by atoms with Gasteiger partial charge in [-0.25, -0.2) is 0 Å². The van der Waals surface area contributed by atoms with E-state index < -0.39 is 10.8 Å². The molecule has 0 amide bonds. The van der Waals surface area contributed by atoms with Gasteiger partial charge in [0.15, 0.2) is 0 Å². The number of hydrogen-bond donors (Lipinski definition) is 0. The first kappa shape index (κ1) is 16.0. The molecule has 0 radical (unpaired) electrons. The zero-order chi connectivity index (χ0) is 15.5. The van der Waals surface area contributed by atoms with E-state index >= 15 is 0 Å². The molecule has 1 atom stereocenters. The summed E-state index contributed by atoms with van der Waals surface area (Å²) in [5.74, 6) is 1.26. The molecule has 0 saturated carbocycles. The molecule has 0 fully saturated rings. The van der Waals surface area contributed by atoms with Crippen LogP contribution in [0.4, 0.5) is 0 Å². The Labute approximate surface area is 130 Å². The summed E-state index contributed by atoms with van der Waals surface area (Å²) in [6.45, 7) is 8.69. The molecule has 2 aromatic rings. The predicted molar refractivity (Wildman–Crippen MR) is 91.9 cm³/mol. The maximum absolute atomic E-state index is 12.3. The molecule has 0 saturated heterocycles. The van der Waals surface area contributed by atoms with E-state index in [2.05, 4.69) is 64.1 Å². The summed E-state index contributed by atoms with van der Waals surface area (Å²) in [5.41, 5.74) is 5.03. The van der Waals surface area contributed by atoms with Crippen molar-refractivity contribution in [3.05, 3.63) is 70.8 Å². The van der Waals surface area contributed by atoms with Crippen LogP contribution < -0.4 is 0 Å². The number of rotatable bonds is 4. The smallest absolute Gasteiger partial charge is 0.0491 e. The van der Waals surface area contributed by atoms with Crippen LogP contribution in [0, 0.1) is 6.92 Å². The summed E-state index contributed by atoms with van der Waals surface area (Å²) in [5, 5.41) is 0. The van der Waals surface area contributed by atoms with Crippen molar-refractivity contribution in [2.24, 2.45) is 0 Å². The minimum absolute atomic E-state index is 0.166. The minimum atomic E-state index is -0.860. The van der Waals surface area contributed by atoms with Crippen molar-refractivity contribution in [2.45, 2.75) is 44.6 Å². The topological polar surface area (TPSA) is 17.1 Å². The Balaban J connectivity index is 2.02. The van der Waals surface area contributed by atoms with Crippen molar-refractivity contribution in [2.75, 3.05) is 0 Å². The molecule has 0 spiro atoms. The second-order valence-corrected chi connectivity index (χ2v) is 8.06. The molecule has 1 nitrogen and oxygen atoms in total. The lowest BCUT2D eigenvalue weighted by atomic mass is 9.87. The summed E-state index contributed by atoms with van der Waals surface area (Å²) >= 11 is 0. The quantitative estimate of drug-likeness (QED) is 0.797. The second-order valence-electron chi connectivity index (χ2n) is 6.60. The standard InChI is InChI=1S/C19H24OS/c1-15-7-5-6-8-17(15)14-21(20)13-16-9-11-18(12-10-16)19(2,3)4/h5-12H,13-14H2,1-4H3. The summed E-state index contributed by atoms with van der Waals surface area (Å²) in [6.07, 6.45) is 0. The van der Waals surface area contributed by atoms with E-state index in [4.69, 9.17) is 0 Å². The molecule has 0 aromatic heterocycles. The van der Waals surface area contributed by atoms with Crippen LogP contribution in [-0.2, 0) is 27.7 Å². The molecular formula is C19H24OS. The third-order valence-electron chi connectivity index (χ3n) is 3.73. The first-order valence-corrected chi connectivity index (χ1v) is 8.84. The van der Waals surface area contributed by atoms with E-state index in [0.29, 0.717) is 11.5 Å². The third-order valence-corrected chi connectivity index (χ3v) is 5.01. The fourth-order valence-electron chi connectivity index (χ4n) is 2.28. The van der Waals surface area contributed by atoms with Crippen molar-refractivity contribution in [3.8, 4) is 0 Å². The Kier molecular flexibility index (Phi) is 5.00. The largest absolute Gasteiger partial charge is 0.259 e. The molecule has 21 heavy (non-hydrogen) atoms. The molecule has 0 aliphatic carbocycles. The summed E-state index contributed by atoms with van der Waals surface area (Å²) in [6, 6.07) is 16.7. The van der Waals surface area contributed by atoms with Crippen molar-refractivity contribution < 1.29 is 4.21 Å². The van der Waals surface area contributed by atoms with Gasteiger partial charge in [-0.05, 0) is 34.6 Å². The Bertz CT molecular complexity index is 621. The van der Waals surface area contributed by atoms with Gasteiger partial charge in [0, 0.05) is 22.3 Å². The van der Waals surface area contributed by atoms with E-state index in [1.54, 1.807) is 0 Å². The van der Waals surface area contributed by atoms with E-state index in [1.807, 2.05) is 12.1 Å². The van der Waals surface area contributed by atoms with Crippen LogP contribution in [0.5, 0.6) is 0 Å². The van der Waals surface area contributed by atoms with Gasteiger partial charge in [-0.15, -0.1) is 0 Å². The zero-order valence-corrected chi connectivity index (χ0v) is 14.2. The van der Waals surface area contributed by atoms with Crippen molar-refractivity contribution in [1.29, 1.82) is 0 Å². The van der Waals surface area contributed by atoms with Gasteiger partial charge in [-0.3, -0.25) is 4.21 Å². The van der Waals surface area contributed by atoms with Crippen LogP contribution in [0.25, 0.3) is 0 Å². The molecule has 0 N–H and O–H groups in total. The lowest BCUT2D eigenvalue weighted by Gasteiger charge is -2.19. The Morgan fingerprint density at radius 3 is 2.10 bits per heavy atom. The predicted octanol–water partition coefficient (Wildman–Crippen LogP) is 4.74. The van der Waals surface area contributed by atoms with Crippen molar-refractivity contribution in [3.63, 3.8) is 0 Å². The highest BCUT2D eigenvalue weighted by atomic mass is 32.2. The Morgan fingerprint density at radius 2 is 1.52 bits per heavy atom. The lowest BCUT2D eigenvalue weighted by Crippen LogP contribution is -2.10. The van der Waals surface area contributed by atoms with Gasteiger partial charge in [0.2, 0.25) is 0 Å². The summed E-state index contributed by atoms with van der Waals surface area (Å²) in [4.78, 5) is 0. The fourth-order valence-corrected chi connectivity index (χ4v) is 3.62. The van der Waals surface area contributed by atoms with E-state index in [0.717, 1.165) is 5.56 Å².